The zero-order valence-electron chi connectivity index (χ0n) is 10.3. The monoisotopic (exact) mass is 269 g/mol. The molecule has 8 nitrogen and oxygen atoms in total. The van der Waals surface area contributed by atoms with Gasteiger partial charge in [0.25, 0.3) is 0 Å². The van der Waals surface area contributed by atoms with Crippen molar-refractivity contribution in [2.24, 2.45) is 0 Å². The highest BCUT2D eigenvalue weighted by molar-refractivity contribution is 4.82. The molecule has 0 spiro atoms. The van der Waals surface area contributed by atoms with Crippen molar-refractivity contribution in [2.75, 3.05) is 33.4 Å². The van der Waals surface area contributed by atoms with Crippen LogP contribution in [0.3, 0.4) is 0 Å². The van der Waals surface area contributed by atoms with Gasteiger partial charge < -0.3 is 40.6 Å². The van der Waals surface area contributed by atoms with Gasteiger partial charge in [0, 0.05) is 13.1 Å². The maximum atomic E-state index is 9.60. The lowest BCUT2D eigenvalue weighted by molar-refractivity contribution is -0.119. The Bertz CT molecular complexity index is 218. The van der Waals surface area contributed by atoms with E-state index >= 15 is 0 Å². The number of likely N-dealkylation sites (N-methyl/N-ethyl adjacent to an activating group) is 1. The lowest BCUT2D eigenvalue weighted by atomic mass is 10.0. The fourth-order valence-corrected chi connectivity index (χ4v) is 1.48. The van der Waals surface area contributed by atoms with Gasteiger partial charge in [0.2, 0.25) is 0 Å². The Morgan fingerprint density at radius 2 is 1.28 bits per heavy atom. The van der Waals surface area contributed by atoms with Gasteiger partial charge in [0.15, 0.2) is 0 Å². The van der Waals surface area contributed by atoms with Gasteiger partial charge in [-0.05, 0) is 7.05 Å². The molecule has 0 saturated heterocycles. The van der Waals surface area contributed by atoms with E-state index in [1.807, 2.05) is 0 Å². The van der Waals surface area contributed by atoms with E-state index in [9.17, 15) is 15.3 Å². The first kappa shape index (κ1) is 17.7. The van der Waals surface area contributed by atoms with Crippen molar-refractivity contribution in [1.29, 1.82) is 0 Å². The second-order valence-electron chi connectivity index (χ2n) is 4.36. The predicted molar refractivity (Wildman–Crippen MR) is 61.7 cm³/mol. The molecule has 0 aromatic rings. The van der Waals surface area contributed by atoms with Gasteiger partial charge in [-0.3, -0.25) is 0 Å². The van der Waals surface area contributed by atoms with E-state index in [2.05, 4.69) is 0 Å². The largest absolute Gasteiger partial charge is 0.394 e. The van der Waals surface area contributed by atoms with Crippen LogP contribution in [0.2, 0.25) is 0 Å². The SMILES string of the molecule is CN(CC(O)CO)CC(O)C(O)C(O)C(O)CO. The molecule has 8 heteroatoms. The Kier molecular flexibility index (Phi) is 8.57. The topological polar surface area (TPSA) is 145 Å². The minimum absolute atomic E-state index is 0.0760. The Hall–Kier alpha value is -0.320. The van der Waals surface area contributed by atoms with Crippen molar-refractivity contribution in [1.82, 2.24) is 4.90 Å². The van der Waals surface area contributed by atoms with Gasteiger partial charge in [-0.2, -0.15) is 0 Å². The van der Waals surface area contributed by atoms with Crippen molar-refractivity contribution in [2.45, 2.75) is 30.5 Å². The van der Waals surface area contributed by atoms with Crippen LogP contribution in [0, 0.1) is 0 Å². The van der Waals surface area contributed by atoms with Crippen LogP contribution in [0.25, 0.3) is 0 Å². The smallest absolute Gasteiger partial charge is 0.111 e. The van der Waals surface area contributed by atoms with Crippen LogP contribution in [-0.2, 0) is 0 Å². The molecule has 0 aliphatic carbocycles. The Morgan fingerprint density at radius 3 is 1.72 bits per heavy atom. The first-order valence-corrected chi connectivity index (χ1v) is 5.64. The highest BCUT2D eigenvalue weighted by Crippen LogP contribution is 2.06. The first-order valence-electron chi connectivity index (χ1n) is 5.64. The van der Waals surface area contributed by atoms with Gasteiger partial charge in [-0.25, -0.2) is 0 Å². The summed E-state index contributed by atoms with van der Waals surface area (Å²) in [6.07, 6.45) is -7.16. The van der Waals surface area contributed by atoms with Crippen LogP contribution < -0.4 is 0 Å². The van der Waals surface area contributed by atoms with Crippen molar-refractivity contribution < 1.29 is 35.7 Å². The maximum Gasteiger partial charge on any atom is 0.111 e. The van der Waals surface area contributed by atoms with E-state index < -0.39 is 43.7 Å². The predicted octanol–water partition coefficient (Wildman–Crippen LogP) is -4.29. The number of hydrogen-bond donors (Lipinski definition) is 7. The van der Waals surface area contributed by atoms with Gasteiger partial charge in [-0.15, -0.1) is 0 Å². The summed E-state index contributed by atoms with van der Waals surface area (Å²) < 4.78 is 0. The standard InChI is InChI=1S/C10H23NO7/c1-11(2-6(14)4-12)3-7(15)9(17)10(18)8(16)5-13/h6-10,12-18H,2-5H2,1H3. The molecule has 0 aliphatic heterocycles. The molecule has 0 rings (SSSR count). The molecule has 0 amide bonds. The van der Waals surface area contributed by atoms with E-state index in [0.29, 0.717) is 0 Å². The van der Waals surface area contributed by atoms with Crippen molar-refractivity contribution >= 4 is 0 Å². The third-order valence-electron chi connectivity index (χ3n) is 2.56. The minimum Gasteiger partial charge on any atom is -0.394 e. The maximum absolute atomic E-state index is 9.60. The molecule has 0 heterocycles. The molecule has 110 valence electrons. The molecule has 5 unspecified atom stereocenters. The quantitative estimate of drug-likeness (QED) is 0.223. The lowest BCUT2D eigenvalue weighted by Gasteiger charge is -2.29. The highest BCUT2D eigenvalue weighted by atomic mass is 16.4. The molecule has 7 N–H and O–H groups in total. The number of aliphatic hydroxyl groups excluding tert-OH is 7. The van der Waals surface area contributed by atoms with E-state index in [-0.39, 0.29) is 13.1 Å². The molecule has 18 heavy (non-hydrogen) atoms. The van der Waals surface area contributed by atoms with Crippen molar-refractivity contribution in [3.05, 3.63) is 0 Å². The second-order valence-corrected chi connectivity index (χ2v) is 4.36. The Labute approximate surface area is 105 Å². The summed E-state index contributed by atoms with van der Waals surface area (Å²) in [4.78, 5) is 1.45. The summed E-state index contributed by atoms with van der Waals surface area (Å²) >= 11 is 0. The third-order valence-corrected chi connectivity index (χ3v) is 2.56. The molecule has 0 bridgehead atoms. The number of rotatable bonds is 9. The van der Waals surface area contributed by atoms with E-state index in [1.165, 1.54) is 4.90 Å². The Morgan fingerprint density at radius 1 is 0.778 bits per heavy atom. The molecule has 0 radical (unpaired) electrons. The minimum atomic E-state index is -1.67. The molecular formula is C10H23NO7. The average Bonchev–Trinajstić information content (AvgIpc) is 2.35. The van der Waals surface area contributed by atoms with Crippen molar-refractivity contribution in [3.8, 4) is 0 Å². The number of aliphatic hydroxyl groups is 7. The summed E-state index contributed by atoms with van der Waals surface area (Å²) in [7, 11) is 1.55. The molecule has 5 atom stereocenters. The van der Waals surface area contributed by atoms with Gasteiger partial charge >= 0.3 is 0 Å². The summed E-state index contributed by atoms with van der Waals surface area (Å²) in [5.74, 6) is 0. The molecular weight excluding hydrogens is 246 g/mol. The Balaban J connectivity index is 4.18. The molecule has 0 aliphatic rings. The van der Waals surface area contributed by atoms with Crippen LogP contribution in [0.4, 0.5) is 0 Å². The van der Waals surface area contributed by atoms with Crippen molar-refractivity contribution in [3.63, 3.8) is 0 Å². The summed E-state index contributed by atoms with van der Waals surface area (Å²) in [5, 5.41) is 64.0. The van der Waals surface area contributed by atoms with Crippen LogP contribution in [0.5, 0.6) is 0 Å². The van der Waals surface area contributed by atoms with E-state index in [1.54, 1.807) is 7.05 Å². The zero-order chi connectivity index (χ0) is 14.3. The van der Waals surface area contributed by atoms with Gasteiger partial charge in [-0.1, -0.05) is 0 Å². The molecule has 0 fully saturated rings. The molecule has 0 aromatic carbocycles. The molecule has 0 aromatic heterocycles. The van der Waals surface area contributed by atoms with Gasteiger partial charge in [0.1, 0.15) is 18.3 Å². The van der Waals surface area contributed by atoms with Crippen LogP contribution in [0.1, 0.15) is 0 Å². The normalized spacial score (nSPS) is 20.5. The highest BCUT2D eigenvalue weighted by Gasteiger charge is 2.30. The zero-order valence-corrected chi connectivity index (χ0v) is 10.3. The molecule has 0 saturated carbocycles. The lowest BCUT2D eigenvalue weighted by Crippen LogP contribution is -2.50. The summed E-state index contributed by atoms with van der Waals surface area (Å²) in [5.41, 5.74) is 0. The average molecular weight is 269 g/mol. The fraction of sp³-hybridized carbons (Fsp3) is 1.00. The van der Waals surface area contributed by atoms with E-state index in [4.69, 9.17) is 20.4 Å². The number of hydrogen-bond acceptors (Lipinski definition) is 8. The van der Waals surface area contributed by atoms with Crippen LogP contribution in [-0.4, -0.2) is 105 Å². The third kappa shape index (κ3) is 6.03. The van der Waals surface area contributed by atoms with Crippen LogP contribution in [0.15, 0.2) is 0 Å². The summed E-state index contributed by atoms with van der Waals surface area (Å²) in [6.45, 7) is -1.15. The summed E-state index contributed by atoms with van der Waals surface area (Å²) in [6, 6.07) is 0. The second kappa shape index (κ2) is 8.73. The van der Waals surface area contributed by atoms with E-state index in [0.717, 1.165) is 0 Å². The first-order chi connectivity index (χ1) is 8.33. The van der Waals surface area contributed by atoms with Crippen LogP contribution >= 0.6 is 0 Å². The fourth-order valence-electron chi connectivity index (χ4n) is 1.48. The number of nitrogens with zero attached hydrogens (tertiary/aromatic N) is 1. The van der Waals surface area contributed by atoms with Gasteiger partial charge in [0.05, 0.1) is 25.4 Å².